The summed E-state index contributed by atoms with van der Waals surface area (Å²) in [5.74, 6) is 2.29. The van der Waals surface area contributed by atoms with Gasteiger partial charge in [0, 0.05) is 32.7 Å². The van der Waals surface area contributed by atoms with Crippen LogP contribution in [0.3, 0.4) is 0 Å². The van der Waals surface area contributed by atoms with Crippen LogP contribution in [0.25, 0.3) is 0 Å². The van der Waals surface area contributed by atoms with Crippen LogP contribution in [0.2, 0.25) is 0 Å². The number of carbonyl (C=O) groups excluding carboxylic acids is 3. The third-order valence-corrected chi connectivity index (χ3v) is 8.40. The minimum atomic E-state index is -0.550. The molecule has 5 fully saturated rings. The van der Waals surface area contributed by atoms with Gasteiger partial charge >= 0.3 is 6.03 Å². The quantitative estimate of drug-likeness (QED) is 0.720. The predicted octanol–water partition coefficient (Wildman–Crippen LogP) is 2.93. The molecule has 4 bridgehead atoms. The Bertz CT molecular complexity index is 859. The Morgan fingerprint density at radius 2 is 1.52 bits per heavy atom. The summed E-state index contributed by atoms with van der Waals surface area (Å²) in [6.45, 7) is 4.80. The molecule has 0 radical (unpaired) electrons. The first-order chi connectivity index (χ1) is 16.0. The fourth-order valence-corrected chi connectivity index (χ4v) is 7.44. The third-order valence-electron chi connectivity index (χ3n) is 8.40. The summed E-state index contributed by atoms with van der Waals surface area (Å²) < 4.78 is 0. The summed E-state index contributed by atoms with van der Waals surface area (Å²) >= 11 is 0. The van der Waals surface area contributed by atoms with E-state index in [2.05, 4.69) is 20.4 Å². The predicted molar refractivity (Wildman–Crippen MR) is 125 cm³/mol. The second-order valence-corrected chi connectivity index (χ2v) is 10.7. The molecule has 1 aromatic rings. The Balaban J connectivity index is 1.26. The largest absolute Gasteiger partial charge is 0.340 e. The van der Waals surface area contributed by atoms with Gasteiger partial charge in [0.2, 0.25) is 11.8 Å². The number of amides is 4. The number of hydrogen-bond acceptors (Lipinski definition) is 4. The van der Waals surface area contributed by atoms with E-state index in [1.54, 1.807) is 0 Å². The molecule has 1 saturated heterocycles. The normalized spacial score (nSPS) is 31.8. The molecule has 2 N–H and O–H groups in total. The van der Waals surface area contributed by atoms with Gasteiger partial charge in [0.05, 0.1) is 5.41 Å². The zero-order valence-corrected chi connectivity index (χ0v) is 19.6. The highest BCUT2D eigenvalue weighted by Crippen LogP contribution is 2.60. The Labute approximate surface area is 196 Å². The van der Waals surface area contributed by atoms with Crippen molar-refractivity contribution in [1.29, 1.82) is 0 Å². The highest BCUT2D eigenvalue weighted by molar-refractivity contribution is 5.97. The van der Waals surface area contributed by atoms with Crippen LogP contribution in [0.15, 0.2) is 30.3 Å². The van der Waals surface area contributed by atoms with Gasteiger partial charge in [0.15, 0.2) is 0 Å². The minimum absolute atomic E-state index is 0.120. The summed E-state index contributed by atoms with van der Waals surface area (Å²) in [5, 5.41) is 5.12. The van der Waals surface area contributed by atoms with Gasteiger partial charge in [-0.3, -0.25) is 19.8 Å². The van der Waals surface area contributed by atoms with Crippen LogP contribution in [0.4, 0.5) is 4.79 Å². The SMILES string of the molecule is CCNC(=O)NC(=O)C(c1ccccc1)N1CCN(C(=O)C23CC4CC(CC(C4)C2)C3)CC1. The van der Waals surface area contributed by atoms with E-state index in [0.29, 0.717) is 38.6 Å². The van der Waals surface area contributed by atoms with Crippen molar-refractivity contribution in [2.75, 3.05) is 32.7 Å². The van der Waals surface area contributed by atoms with Crippen LogP contribution in [0, 0.1) is 23.2 Å². The van der Waals surface area contributed by atoms with Gasteiger partial charge in [-0.05, 0) is 68.8 Å². The maximum absolute atomic E-state index is 13.7. The van der Waals surface area contributed by atoms with Crippen molar-refractivity contribution in [3.8, 4) is 0 Å². The lowest BCUT2D eigenvalue weighted by atomic mass is 9.49. The lowest BCUT2D eigenvalue weighted by Gasteiger charge is -2.57. The average molecular weight is 453 g/mol. The monoisotopic (exact) mass is 452 g/mol. The lowest BCUT2D eigenvalue weighted by molar-refractivity contribution is -0.159. The number of hydrogen-bond donors (Lipinski definition) is 2. The summed E-state index contributed by atoms with van der Waals surface area (Å²) in [7, 11) is 0. The summed E-state index contributed by atoms with van der Waals surface area (Å²) in [4.78, 5) is 43.0. The molecule has 0 spiro atoms. The van der Waals surface area contributed by atoms with Crippen LogP contribution in [-0.4, -0.2) is 60.4 Å². The number of piperazine rings is 1. The highest BCUT2D eigenvalue weighted by Gasteiger charge is 2.55. The molecule has 1 heterocycles. The van der Waals surface area contributed by atoms with Gasteiger partial charge < -0.3 is 10.2 Å². The second-order valence-electron chi connectivity index (χ2n) is 10.7. The molecule has 1 unspecified atom stereocenters. The van der Waals surface area contributed by atoms with Crippen molar-refractivity contribution >= 4 is 17.8 Å². The number of rotatable bonds is 5. The fourth-order valence-electron chi connectivity index (χ4n) is 7.44. The first kappa shape index (κ1) is 22.4. The second kappa shape index (κ2) is 9.09. The lowest BCUT2D eigenvalue weighted by Crippen LogP contribution is -2.59. The Morgan fingerprint density at radius 3 is 2.06 bits per heavy atom. The molecule has 1 aromatic carbocycles. The van der Waals surface area contributed by atoms with Gasteiger partial charge in [-0.15, -0.1) is 0 Å². The summed E-state index contributed by atoms with van der Waals surface area (Å²) in [6, 6.07) is 8.57. The van der Waals surface area contributed by atoms with Crippen molar-refractivity contribution in [2.45, 2.75) is 51.5 Å². The highest BCUT2D eigenvalue weighted by atomic mass is 16.2. The molecule has 178 valence electrons. The molecular formula is C26H36N4O3. The van der Waals surface area contributed by atoms with Gasteiger partial charge in [-0.1, -0.05) is 30.3 Å². The minimum Gasteiger partial charge on any atom is -0.340 e. The Kier molecular flexibility index (Phi) is 6.16. The van der Waals surface area contributed by atoms with E-state index >= 15 is 0 Å². The van der Waals surface area contributed by atoms with Crippen LogP contribution in [0.5, 0.6) is 0 Å². The molecule has 6 rings (SSSR count). The Morgan fingerprint density at radius 1 is 0.939 bits per heavy atom. The summed E-state index contributed by atoms with van der Waals surface area (Å²) in [6.07, 6.45) is 7.25. The Hall–Kier alpha value is -2.41. The number of carbonyl (C=O) groups is 3. The zero-order chi connectivity index (χ0) is 23.0. The molecule has 4 saturated carbocycles. The van der Waals surface area contributed by atoms with E-state index in [9.17, 15) is 14.4 Å². The molecule has 4 aliphatic carbocycles. The summed E-state index contributed by atoms with van der Waals surface area (Å²) in [5.41, 5.74) is 0.742. The molecule has 4 amide bonds. The van der Waals surface area contributed by atoms with Crippen LogP contribution in [-0.2, 0) is 9.59 Å². The molecule has 7 nitrogen and oxygen atoms in total. The first-order valence-corrected chi connectivity index (χ1v) is 12.6. The maximum atomic E-state index is 13.7. The molecule has 33 heavy (non-hydrogen) atoms. The van der Waals surface area contributed by atoms with Gasteiger partial charge in [-0.2, -0.15) is 0 Å². The van der Waals surface area contributed by atoms with E-state index in [-0.39, 0.29) is 11.3 Å². The number of urea groups is 1. The van der Waals surface area contributed by atoms with Crippen molar-refractivity contribution in [3.05, 3.63) is 35.9 Å². The molecule has 0 aromatic heterocycles. The van der Waals surface area contributed by atoms with E-state index in [4.69, 9.17) is 0 Å². The van der Waals surface area contributed by atoms with Crippen molar-refractivity contribution in [2.24, 2.45) is 23.2 Å². The number of nitrogens with zero attached hydrogens (tertiary/aromatic N) is 2. The molecule has 5 aliphatic rings. The van der Waals surface area contributed by atoms with Gasteiger partial charge in [0.25, 0.3) is 0 Å². The fraction of sp³-hybridized carbons (Fsp3) is 0.654. The topological polar surface area (TPSA) is 81.8 Å². The molecule has 7 heteroatoms. The van der Waals surface area contributed by atoms with Crippen LogP contribution < -0.4 is 10.6 Å². The maximum Gasteiger partial charge on any atom is 0.321 e. The van der Waals surface area contributed by atoms with Crippen LogP contribution >= 0.6 is 0 Å². The van der Waals surface area contributed by atoms with Crippen LogP contribution in [0.1, 0.15) is 57.1 Å². The van der Waals surface area contributed by atoms with E-state index < -0.39 is 12.1 Å². The standard InChI is InChI=1S/C26H36N4O3/c1-2-27-25(33)28-23(31)22(21-6-4-3-5-7-21)29-8-10-30(11-9-29)24(32)26-15-18-12-19(16-26)14-20(13-18)17-26/h3-7,18-20,22H,2,8-17H2,1H3,(H2,27,28,31,33). The molecule has 1 aliphatic heterocycles. The van der Waals surface area contributed by atoms with Crippen molar-refractivity contribution in [3.63, 3.8) is 0 Å². The average Bonchev–Trinajstić information content (AvgIpc) is 2.79. The number of nitrogens with one attached hydrogen (secondary N) is 2. The van der Waals surface area contributed by atoms with Gasteiger partial charge in [0.1, 0.15) is 6.04 Å². The number of imide groups is 1. The third kappa shape index (κ3) is 4.39. The van der Waals surface area contributed by atoms with E-state index in [1.807, 2.05) is 37.3 Å². The molecule has 1 atom stereocenters. The van der Waals surface area contributed by atoms with Crippen molar-refractivity contribution in [1.82, 2.24) is 20.4 Å². The van der Waals surface area contributed by atoms with E-state index in [0.717, 1.165) is 42.6 Å². The van der Waals surface area contributed by atoms with E-state index in [1.165, 1.54) is 19.3 Å². The number of benzene rings is 1. The smallest absolute Gasteiger partial charge is 0.321 e. The zero-order valence-electron chi connectivity index (χ0n) is 19.6. The van der Waals surface area contributed by atoms with Crippen molar-refractivity contribution < 1.29 is 14.4 Å². The molecular weight excluding hydrogens is 416 g/mol. The first-order valence-electron chi connectivity index (χ1n) is 12.6. The van der Waals surface area contributed by atoms with Gasteiger partial charge in [-0.25, -0.2) is 4.79 Å².